The fraction of sp³-hybridized carbons (Fsp3) is 0.533. The molecule has 0 aliphatic carbocycles. The third-order valence-corrected chi connectivity index (χ3v) is 4.48. The molecule has 0 spiro atoms. The van der Waals surface area contributed by atoms with E-state index in [0.29, 0.717) is 23.0 Å². The fourth-order valence-corrected chi connectivity index (χ4v) is 3.24. The molecule has 1 heterocycles. The molecule has 0 bridgehead atoms. The Morgan fingerprint density at radius 3 is 2.90 bits per heavy atom. The van der Waals surface area contributed by atoms with Gasteiger partial charge in [0.05, 0.1) is 0 Å². The monoisotopic (exact) mass is 314 g/mol. The van der Waals surface area contributed by atoms with Crippen LogP contribution in [0.4, 0.5) is 0 Å². The molecule has 110 valence electrons. The van der Waals surface area contributed by atoms with Gasteiger partial charge in [0.2, 0.25) is 5.91 Å². The average Bonchev–Trinajstić information content (AvgIpc) is 2.89. The molecule has 2 unspecified atom stereocenters. The van der Waals surface area contributed by atoms with E-state index in [1.807, 2.05) is 17.9 Å². The molecule has 2 N–H and O–H groups in total. The molecule has 1 aromatic carbocycles. The van der Waals surface area contributed by atoms with E-state index in [0.717, 1.165) is 24.9 Å². The summed E-state index contributed by atoms with van der Waals surface area (Å²) in [4.78, 5) is 14.4. The maximum absolute atomic E-state index is 12.5. The summed E-state index contributed by atoms with van der Waals surface area (Å²) in [5.74, 6) is 0.0739. The SMILES string of the molecule is CC(Cc1ccc(Cl)cc1Cl)C(=O)N1CCCC1CN. The van der Waals surface area contributed by atoms with Crippen LogP contribution in [0.25, 0.3) is 0 Å². The highest BCUT2D eigenvalue weighted by Crippen LogP contribution is 2.25. The normalized spacial score (nSPS) is 20.2. The highest BCUT2D eigenvalue weighted by molar-refractivity contribution is 6.35. The topological polar surface area (TPSA) is 46.3 Å². The zero-order chi connectivity index (χ0) is 14.7. The molecule has 1 fully saturated rings. The zero-order valence-electron chi connectivity index (χ0n) is 11.6. The van der Waals surface area contributed by atoms with Crippen LogP contribution in [0.1, 0.15) is 25.3 Å². The van der Waals surface area contributed by atoms with Gasteiger partial charge in [-0.15, -0.1) is 0 Å². The van der Waals surface area contributed by atoms with Crippen LogP contribution in [0.15, 0.2) is 18.2 Å². The second-order valence-electron chi connectivity index (χ2n) is 5.40. The van der Waals surface area contributed by atoms with Crippen LogP contribution in [0, 0.1) is 5.92 Å². The predicted octanol–water partition coefficient (Wildman–Crippen LogP) is 3.12. The number of nitrogens with two attached hydrogens (primary N) is 1. The van der Waals surface area contributed by atoms with Gasteiger partial charge in [0.1, 0.15) is 0 Å². The minimum atomic E-state index is -0.0965. The minimum Gasteiger partial charge on any atom is -0.338 e. The van der Waals surface area contributed by atoms with Gasteiger partial charge in [0.25, 0.3) is 0 Å². The first-order valence-electron chi connectivity index (χ1n) is 6.97. The van der Waals surface area contributed by atoms with Crippen molar-refractivity contribution in [3.8, 4) is 0 Å². The molecule has 5 heteroatoms. The Morgan fingerprint density at radius 1 is 1.50 bits per heavy atom. The molecule has 1 amide bonds. The molecule has 1 aromatic rings. The van der Waals surface area contributed by atoms with Gasteiger partial charge < -0.3 is 10.6 Å². The molecule has 2 atom stereocenters. The van der Waals surface area contributed by atoms with Crippen LogP contribution in [0.3, 0.4) is 0 Å². The summed E-state index contributed by atoms with van der Waals surface area (Å²) in [6.07, 6.45) is 2.68. The van der Waals surface area contributed by atoms with Crippen molar-refractivity contribution < 1.29 is 4.79 Å². The molecule has 0 aromatic heterocycles. The lowest BCUT2D eigenvalue weighted by Gasteiger charge is -2.26. The maximum atomic E-state index is 12.5. The number of carbonyl (C=O) groups excluding carboxylic acids is 1. The Morgan fingerprint density at radius 2 is 2.25 bits per heavy atom. The summed E-state index contributed by atoms with van der Waals surface area (Å²) in [7, 11) is 0. The lowest BCUT2D eigenvalue weighted by Crippen LogP contribution is -2.42. The van der Waals surface area contributed by atoms with Crippen molar-refractivity contribution in [3.05, 3.63) is 33.8 Å². The molecular formula is C15H20Cl2N2O. The van der Waals surface area contributed by atoms with Crippen molar-refractivity contribution in [3.63, 3.8) is 0 Å². The number of nitrogens with zero attached hydrogens (tertiary/aromatic N) is 1. The first-order chi connectivity index (χ1) is 9.52. The number of carbonyl (C=O) groups is 1. The lowest BCUT2D eigenvalue weighted by molar-refractivity contribution is -0.135. The van der Waals surface area contributed by atoms with E-state index in [1.54, 1.807) is 12.1 Å². The van der Waals surface area contributed by atoms with E-state index in [1.165, 1.54) is 0 Å². The van der Waals surface area contributed by atoms with Crippen LogP contribution >= 0.6 is 23.2 Å². The quantitative estimate of drug-likeness (QED) is 0.928. The fourth-order valence-electron chi connectivity index (χ4n) is 2.76. The number of hydrogen-bond donors (Lipinski definition) is 1. The summed E-state index contributed by atoms with van der Waals surface area (Å²) in [5.41, 5.74) is 6.68. The molecule has 3 nitrogen and oxygen atoms in total. The molecule has 1 saturated heterocycles. The van der Waals surface area contributed by atoms with Crippen LogP contribution in [0.2, 0.25) is 10.0 Å². The summed E-state index contributed by atoms with van der Waals surface area (Å²) in [5, 5.41) is 1.23. The largest absolute Gasteiger partial charge is 0.338 e. The van der Waals surface area contributed by atoms with Gasteiger partial charge in [0.15, 0.2) is 0 Å². The summed E-state index contributed by atoms with van der Waals surface area (Å²) in [6.45, 7) is 3.30. The third-order valence-electron chi connectivity index (χ3n) is 3.90. The van der Waals surface area contributed by atoms with Crippen molar-refractivity contribution in [1.82, 2.24) is 4.90 Å². The minimum absolute atomic E-state index is 0.0965. The lowest BCUT2D eigenvalue weighted by atomic mass is 9.99. The molecule has 0 radical (unpaired) electrons. The Balaban J connectivity index is 2.04. The maximum Gasteiger partial charge on any atom is 0.226 e. The molecule has 20 heavy (non-hydrogen) atoms. The number of benzene rings is 1. The van der Waals surface area contributed by atoms with Crippen molar-refractivity contribution >= 4 is 29.1 Å². The van der Waals surface area contributed by atoms with Gasteiger partial charge in [-0.1, -0.05) is 36.2 Å². The van der Waals surface area contributed by atoms with Crippen molar-refractivity contribution in [2.45, 2.75) is 32.2 Å². The van der Waals surface area contributed by atoms with Crippen molar-refractivity contribution in [2.75, 3.05) is 13.1 Å². The Bertz CT molecular complexity index is 493. The first kappa shape index (κ1) is 15.6. The Kier molecular flexibility index (Phi) is 5.30. The molecule has 1 aliphatic rings. The Hall–Kier alpha value is -0.770. The van der Waals surface area contributed by atoms with Crippen molar-refractivity contribution in [1.29, 1.82) is 0 Å². The van der Waals surface area contributed by atoms with E-state index < -0.39 is 0 Å². The summed E-state index contributed by atoms with van der Waals surface area (Å²) < 4.78 is 0. The van der Waals surface area contributed by atoms with Crippen LogP contribution in [-0.4, -0.2) is 29.9 Å². The third kappa shape index (κ3) is 3.46. The van der Waals surface area contributed by atoms with Gasteiger partial charge in [0, 0.05) is 35.1 Å². The number of halogens is 2. The zero-order valence-corrected chi connectivity index (χ0v) is 13.1. The summed E-state index contributed by atoms with van der Waals surface area (Å²) >= 11 is 12.0. The molecule has 2 rings (SSSR count). The Labute approximate surface area is 130 Å². The van der Waals surface area contributed by atoms with E-state index in [2.05, 4.69) is 0 Å². The highest BCUT2D eigenvalue weighted by Gasteiger charge is 2.30. The van der Waals surface area contributed by atoms with Crippen LogP contribution < -0.4 is 5.73 Å². The van der Waals surface area contributed by atoms with Gasteiger partial charge >= 0.3 is 0 Å². The van der Waals surface area contributed by atoms with E-state index in [9.17, 15) is 4.79 Å². The van der Waals surface area contributed by atoms with Gasteiger partial charge in [-0.25, -0.2) is 0 Å². The standard InChI is InChI=1S/C15H20Cl2N2O/c1-10(7-11-4-5-12(16)8-14(11)17)15(20)19-6-2-3-13(19)9-18/h4-5,8,10,13H,2-3,6-7,9,18H2,1H3. The van der Waals surface area contributed by atoms with Crippen LogP contribution in [-0.2, 0) is 11.2 Å². The molecule has 1 aliphatic heterocycles. The average molecular weight is 315 g/mol. The predicted molar refractivity (Wildman–Crippen MR) is 83.1 cm³/mol. The smallest absolute Gasteiger partial charge is 0.226 e. The molecule has 0 saturated carbocycles. The first-order valence-corrected chi connectivity index (χ1v) is 7.73. The number of amides is 1. The number of hydrogen-bond acceptors (Lipinski definition) is 2. The van der Waals surface area contributed by atoms with E-state index in [-0.39, 0.29) is 17.9 Å². The van der Waals surface area contributed by atoms with E-state index in [4.69, 9.17) is 28.9 Å². The van der Waals surface area contributed by atoms with E-state index >= 15 is 0 Å². The van der Waals surface area contributed by atoms with Gasteiger partial charge in [-0.2, -0.15) is 0 Å². The number of rotatable bonds is 4. The summed E-state index contributed by atoms with van der Waals surface area (Å²) in [6, 6.07) is 5.61. The second-order valence-corrected chi connectivity index (χ2v) is 6.25. The van der Waals surface area contributed by atoms with Crippen LogP contribution in [0.5, 0.6) is 0 Å². The number of likely N-dealkylation sites (tertiary alicyclic amines) is 1. The van der Waals surface area contributed by atoms with Gasteiger partial charge in [-0.05, 0) is 37.0 Å². The highest BCUT2D eigenvalue weighted by atomic mass is 35.5. The van der Waals surface area contributed by atoms with Crippen molar-refractivity contribution in [2.24, 2.45) is 11.7 Å². The van der Waals surface area contributed by atoms with Gasteiger partial charge in [-0.3, -0.25) is 4.79 Å². The molecular weight excluding hydrogens is 295 g/mol. The second kappa shape index (κ2) is 6.79.